The van der Waals surface area contributed by atoms with Gasteiger partial charge in [-0.1, -0.05) is 32.9 Å². The Labute approximate surface area is 162 Å². The number of rotatable bonds is 5. The summed E-state index contributed by atoms with van der Waals surface area (Å²) in [4.78, 5) is 26.7. The van der Waals surface area contributed by atoms with Crippen molar-refractivity contribution in [3.05, 3.63) is 29.8 Å². The van der Waals surface area contributed by atoms with Crippen molar-refractivity contribution in [2.24, 2.45) is 5.41 Å². The van der Waals surface area contributed by atoms with Crippen LogP contribution in [0.2, 0.25) is 0 Å². The topological polar surface area (TPSA) is 61.4 Å². The van der Waals surface area contributed by atoms with Gasteiger partial charge in [-0.2, -0.15) is 0 Å². The lowest BCUT2D eigenvalue weighted by atomic mass is 9.92. The number of hydrogen-bond acceptors (Lipinski definition) is 3. The number of piperidine rings is 1. The van der Waals surface area contributed by atoms with Crippen molar-refractivity contribution in [3.63, 3.8) is 0 Å². The van der Waals surface area contributed by atoms with Crippen LogP contribution < -0.4 is 10.6 Å². The summed E-state index contributed by atoms with van der Waals surface area (Å²) in [5.74, 6) is 0.192. The molecule has 2 saturated heterocycles. The van der Waals surface area contributed by atoms with Gasteiger partial charge in [0.1, 0.15) is 0 Å². The van der Waals surface area contributed by atoms with Crippen LogP contribution in [0.5, 0.6) is 0 Å². The first kappa shape index (κ1) is 19.9. The maximum Gasteiger partial charge on any atom is 0.226 e. The molecule has 2 N–H and O–H groups in total. The van der Waals surface area contributed by atoms with Crippen molar-refractivity contribution in [2.45, 2.75) is 77.4 Å². The van der Waals surface area contributed by atoms with Crippen molar-refractivity contribution in [2.75, 3.05) is 12.4 Å². The Kier molecular flexibility index (Phi) is 5.89. The summed E-state index contributed by atoms with van der Waals surface area (Å²) >= 11 is 0. The molecule has 5 nitrogen and oxygen atoms in total. The molecular weight excluding hydrogens is 338 g/mol. The summed E-state index contributed by atoms with van der Waals surface area (Å²) in [6.07, 6.45) is 5.51. The van der Waals surface area contributed by atoms with E-state index in [4.69, 9.17) is 0 Å². The average Bonchev–Trinajstić information content (AvgIpc) is 2.92. The molecule has 2 bridgehead atoms. The zero-order chi connectivity index (χ0) is 19.6. The molecule has 27 heavy (non-hydrogen) atoms. The molecule has 2 aliphatic rings. The molecule has 1 aromatic carbocycles. The zero-order valence-corrected chi connectivity index (χ0v) is 17.0. The van der Waals surface area contributed by atoms with Crippen LogP contribution in [-0.2, 0) is 16.0 Å². The molecule has 2 fully saturated rings. The highest BCUT2D eigenvalue weighted by atomic mass is 16.2. The van der Waals surface area contributed by atoms with Crippen molar-refractivity contribution in [3.8, 4) is 0 Å². The van der Waals surface area contributed by atoms with Gasteiger partial charge in [0.05, 0.1) is 6.42 Å². The highest BCUT2D eigenvalue weighted by molar-refractivity contribution is 5.91. The lowest BCUT2D eigenvalue weighted by Gasteiger charge is -2.35. The van der Waals surface area contributed by atoms with Gasteiger partial charge in [0.25, 0.3) is 0 Å². The summed E-state index contributed by atoms with van der Waals surface area (Å²) < 4.78 is 0. The van der Waals surface area contributed by atoms with Gasteiger partial charge in [-0.3, -0.25) is 9.59 Å². The van der Waals surface area contributed by atoms with Gasteiger partial charge in [0.15, 0.2) is 0 Å². The number of anilines is 1. The van der Waals surface area contributed by atoms with E-state index in [2.05, 4.69) is 10.6 Å². The average molecular weight is 372 g/mol. The van der Waals surface area contributed by atoms with E-state index in [9.17, 15) is 9.59 Å². The first-order chi connectivity index (χ1) is 12.7. The number of nitrogens with zero attached hydrogens (tertiary/aromatic N) is 1. The van der Waals surface area contributed by atoms with Crippen LogP contribution in [0.25, 0.3) is 0 Å². The van der Waals surface area contributed by atoms with E-state index in [-0.39, 0.29) is 17.2 Å². The van der Waals surface area contributed by atoms with Crippen LogP contribution in [0, 0.1) is 5.41 Å². The fraction of sp³-hybridized carbons (Fsp3) is 0.636. The molecule has 2 atom stereocenters. The molecule has 0 spiro atoms. The Morgan fingerprint density at radius 3 is 2.26 bits per heavy atom. The van der Waals surface area contributed by atoms with Gasteiger partial charge >= 0.3 is 0 Å². The number of nitrogens with one attached hydrogen (secondary N) is 2. The number of carbonyl (C=O) groups excluding carboxylic acids is 2. The Morgan fingerprint density at radius 2 is 1.70 bits per heavy atom. The molecule has 148 valence electrons. The quantitative estimate of drug-likeness (QED) is 0.834. The molecule has 2 amide bonds. The van der Waals surface area contributed by atoms with Crippen LogP contribution in [0.4, 0.5) is 5.69 Å². The highest BCUT2D eigenvalue weighted by Gasteiger charge is 2.36. The predicted octanol–water partition coefficient (Wildman–Crippen LogP) is 3.35. The van der Waals surface area contributed by atoms with Gasteiger partial charge < -0.3 is 15.5 Å². The lowest BCUT2D eigenvalue weighted by Crippen LogP contribution is -2.49. The molecule has 3 rings (SSSR count). The zero-order valence-electron chi connectivity index (χ0n) is 17.0. The number of benzene rings is 1. The third kappa shape index (κ3) is 5.55. The Hall–Kier alpha value is -1.88. The van der Waals surface area contributed by atoms with Crippen molar-refractivity contribution in [1.82, 2.24) is 10.2 Å². The maximum absolute atomic E-state index is 12.7. The molecule has 2 unspecified atom stereocenters. The normalized spacial score (nSPS) is 24.5. The molecule has 0 aliphatic carbocycles. The largest absolute Gasteiger partial charge is 0.342 e. The standard InChI is InChI=1S/C22H33N3O2/c1-22(2,3)14-20(26)24-16-7-5-15(6-8-16)11-21(27)25(4)19-12-17-9-10-18(13-19)23-17/h5-8,17-19,23H,9-14H2,1-4H3,(H,24,26). The fourth-order valence-corrected chi connectivity index (χ4v) is 4.24. The minimum atomic E-state index is -0.0326. The Bertz CT molecular complexity index is 666. The highest BCUT2D eigenvalue weighted by Crippen LogP contribution is 2.29. The van der Waals surface area contributed by atoms with Crippen molar-refractivity contribution < 1.29 is 9.59 Å². The molecule has 1 aromatic rings. The number of amides is 2. The minimum Gasteiger partial charge on any atom is -0.342 e. The second-order valence-electron chi connectivity index (χ2n) is 9.43. The fourth-order valence-electron chi connectivity index (χ4n) is 4.24. The van der Waals surface area contributed by atoms with Crippen molar-refractivity contribution in [1.29, 1.82) is 0 Å². The number of likely N-dealkylation sites (N-methyl/N-ethyl adjacent to an activating group) is 1. The summed E-state index contributed by atoms with van der Waals surface area (Å²) in [5.41, 5.74) is 1.73. The van der Waals surface area contributed by atoms with Crippen LogP contribution >= 0.6 is 0 Å². The van der Waals surface area contributed by atoms with Crippen LogP contribution in [0.3, 0.4) is 0 Å². The van der Waals surface area contributed by atoms with E-state index >= 15 is 0 Å². The predicted molar refractivity (Wildman–Crippen MR) is 109 cm³/mol. The second kappa shape index (κ2) is 8.01. The molecular formula is C22H33N3O2. The van der Waals surface area contributed by atoms with Gasteiger partial charge in [0.2, 0.25) is 11.8 Å². The third-order valence-electron chi connectivity index (χ3n) is 5.67. The summed E-state index contributed by atoms with van der Waals surface area (Å²) in [6.45, 7) is 6.14. The smallest absolute Gasteiger partial charge is 0.226 e. The summed E-state index contributed by atoms with van der Waals surface area (Å²) in [5, 5.41) is 6.56. The van der Waals surface area contributed by atoms with Crippen LogP contribution in [0.1, 0.15) is 58.4 Å². The number of fused-ring (bicyclic) bond motifs is 2. The SMILES string of the molecule is CN(C(=O)Cc1ccc(NC(=O)CC(C)(C)C)cc1)C1CC2CCC(C1)N2. The Balaban J connectivity index is 1.51. The lowest BCUT2D eigenvalue weighted by molar-refractivity contribution is -0.132. The van der Waals surface area contributed by atoms with E-state index in [1.54, 1.807) is 0 Å². The van der Waals surface area contributed by atoms with Gasteiger partial charge in [-0.05, 0) is 48.8 Å². The number of carbonyl (C=O) groups is 2. The minimum absolute atomic E-state index is 0.0200. The van der Waals surface area contributed by atoms with E-state index in [1.807, 2.05) is 57.0 Å². The molecule has 0 aromatic heterocycles. The molecule has 5 heteroatoms. The summed E-state index contributed by atoms with van der Waals surface area (Å²) in [6, 6.07) is 9.16. The van der Waals surface area contributed by atoms with Gasteiger partial charge in [-0.15, -0.1) is 0 Å². The monoisotopic (exact) mass is 371 g/mol. The van der Waals surface area contributed by atoms with Crippen molar-refractivity contribution >= 4 is 17.5 Å². The summed E-state index contributed by atoms with van der Waals surface area (Å²) in [7, 11) is 1.94. The number of hydrogen-bond donors (Lipinski definition) is 2. The Morgan fingerprint density at radius 1 is 1.11 bits per heavy atom. The molecule has 2 heterocycles. The van der Waals surface area contributed by atoms with E-state index in [0.717, 1.165) is 24.1 Å². The van der Waals surface area contributed by atoms with E-state index in [1.165, 1.54) is 12.8 Å². The van der Waals surface area contributed by atoms with Gasteiger partial charge in [-0.25, -0.2) is 0 Å². The second-order valence-corrected chi connectivity index (χ2v) is 9.43. The first-order valence-electron chi connectivity index (χ1n) is 10.1. The van der Waals surface area contributed by atoms with Crippen LogP contribution in [0.15, 0.2) is 24.3 Å². The molecule has 0 saturated carbocycles. The van der Waals surface area contributed by atoms with E-state index < -0.39 is 0 Å². The molecule has 0 radical (unpaired) electrons. The van der Waals surface area contributed by atoms with E-state index in [0.29, 0.717) is 31.0 Å². The molecule has 2 aliphatic heterocycles. The van der Waals surface area contributed by atoms with Crippen LogP contribution in [-0.4, -0.2) is 41.9 Å². The van der Waals surface area contributed by atoms with Gasteiger partial charge in [0, 0.05) is 37.3 Å². The third-order valence-corrected chi connectivity index (χ3v) is 5.67. The maximum atomic E-state index is 12.7. The first-order valence-corrected chi connectivity index (χ1v) is 10.1.